The van der Waals surface area contributed by atoms with Crippen LogP contribution in [0.1, 0.15) is 31.8 Å². The van der Waals surface area contributed by atoms with Crippen molar-refractivity contribution in [3.8, 4) is 0 Å². The first-order valence-electron chi connectivity index (χ1n) is 8.29. The molecule has 0 unspecified atom stereocenters. The summed E-state index contributed by atoms with van der Waals surface area (Å²) in [6.07, 6.45) is 9.52. The second-order valence-corrected chi connectivity index (χ2v) is 5.54. The summed E-state index contributed by atoms with van der Waals surface area (Å²) < 4.78 is 0. The van der Waals surface area contributed by atoms with E-state index in [2.05, 4.69) is 31.0 Å². The van der Waals surface area contributed by atoms with Gasteiger partial charge in [0.05, 0.1) is 12.4 Å². The number of carbonyl (C=O) groups is 2. The van der Waals surface area contributed by atoms with Gasteiger partial charge in [-0.2, -0.15) is 10.2 Å². The Hall–Kier alpha value is -4.20. The molecule has 0 spiro atoms. The molecule has 8 heteroatoms. The minimum atomic E-state index is -0.430. The molecule has 0 aliphatic heterocycles. The van der Waals surface area contributed by atoms with E-state index in [4.69, 9.17) is 0 Å². The molecule has 2 aromatic heterocycles. The number of aromatic nitrogens is 2. The van der Waals surface area contributed by atoms with Crippen molar-refractivity contribution < 1.29 is 9.59 Å². The van der Waals surface area contributed by atoms with Gasteiger partial charge in [0, 0.05) is 35.9 Å². The van der Waals surface area contributed by atoms with Crippen LogP contribution >= 0.6 is 0 Å². The number of carbonyl (C=O) groups excluding carboxylic acids is 2. The molecule has 0 aliphatic rings. The molecule has 138 valence electrons. The topological polar surface area (TPSA) is 109 Å². The van der Waals surface area contributed by atoms with E-state index in [9.17, 15) is 9.59 Å². The molecule has 0 fully saturated rings. The number of pyridine rings is 2. The highest BCUT2D eigenvalue weighted by molar-refractivity contribution is 6.00. The van der Waals surface area contributed by atoms with Crippen LogP contribution < -0.4 is 10.9 Å². The largest absolute Gasteiger partial charge is 0.271 e. The number of benzene rings is 1. The first-order valence-corrected chi connectivity index (χ1v) is 8.29. The summed E-state index contributed by atoms with van der Waals surface area (Å²) in [5, 5.41) is 7.79. The van der Waals surface area contributed by atoms with Crippen LogP contribution in [0.25, 0.3) is 0 Å². The number of nitrogens with one attached hydrogen (secondary N) is 2. The predicted molar refractivity (Wildman–Crippen MR) is 105 cm³/mol. The first kappa shape index (κ1) is 18.6. The Bertz CT molecular complexity index is 925. The molecular weight excluding hydrogens is 356 g/mol. The second kappa shape index (κ2) is 9.48. The molecule has 0 atom stereocenters. The lowest BCUT2D eigenvalue weighted by atomic mass is 10.1. The van der Waals surface area contributed by atoms with Crippen molar-refractivity contribution in [2.24, 2.45) is 10.2 Å². The number of hydrogen-bond acceptors (Lipinski definition) is 6. The van der Waals surface area contributed by atoms with Crippen molar-refractivity contribution in [1.29, 1.82) is 0 Å². The zero-order valence-corrected chi connectivity index (χ0v) is 14.7. The van der Waals surface area contributed by atoms with E-state index in [-0.39, 0.29) is 0 Å². The van der Waals surface area contributed by atoms with Crippen LogP contribution in [0.2, 0.25) is 0 Å². The zero-order chi connectivity index (χ0) is 19.6. The summed E-state index contributed by atoms with van der Waals surface area (Å²) in [6.45, 7) is 0. The highest BCUT2D eigenvalue weighted by Gasteiger charge is 2.09. The van der Waals surface area contributed by atoms with Gasteiger partial charge in [-0.15, -0.1) is 0 Å². The number of amides is 2. The summed E-state index contributed by atoms with van der Waals surface area (Å²) >= 11 is 0. The van der Waals surface area contributed by atoms with Crippen molar-refractivity contribution in [2.75, 3.05) is 0 Å². The molecule has 8 nitrogen and oxygen atoms in total. The van der Waals surface area contributed by atoms with E-state index >= 15 is 0 Å². The molecule has 28 heavy (non-hydrogen) atoms. The standard InChI is InChI=1S/C20H16N6O2/c27-19(25-23-13-15-4-8-21-9-5-15)17-2-1-3-18(12-17)20(28)26-24-14-16-6-10-22-11-7-16/h1-14H,(H,25,27)(H,26,28)/b23-13+,24-14+. The van der Waals surface area contributed by atoms with Crippen molar-refractivity contribution in [2.45, 2.75) is 0 Å². The molecule has 0 saturated heterocycles. The lowest BCUT2D eigenvalue weighted by Crippen LogP contribution is -2.20. The van der Waals surface area contributed by atoms with Gasteiger partial charge in [0.15, 0.2) is 0 Å². The third-order valence-electron chi connectivity index (χ3n) is 3.56. The van der Waals surface area contributed by atoms with Gasteiger partial charge in [-0.1, -0.05) is 6.07 Å². The van der Waals surface area contributed by atoms with Crippen LogP contribution in [0.3, 0.4) is 0 Å². The average molecular weight is 372 g/mol. The molecule has 2 heterocycles. The molecule has 2 amide bonds. The summed E-state index contributed by atoms with van der Waals surface area (Å²) in [7, 11) is 0. The second-order valence-electron chi connectivity index (χ2n) is 5.54. The van der Waals surface area contributed by atoms with Gasteiger partial charge in [0.25, 0.3) is 11.8 Å². The SMILES string of the molecule is O=C(N/N=C/c1ccncc1)c1cccc(C(=O)N/N=C/c2ccncc2)c1. The number of rotatable bonds is 6. The van der Waals surface area contributed by atoms with E-state index in [1.165, 1.54) is 18.5 Å². The molecule has 0 saturated carbocycles. The van der Waals surface area contributed by atoms with E-state index in [1.807, 2.05) is 0 Å². The molecule has 0 radical (unpaired) electrons. The van der Waals surface area contributed by atoms with Crippen molar-refractivity contribution in [1.82, 2.24) is 20.8 Å². The fourth-order valence-electron chi connectivity index (χ4n) is 2.16. The van der Waals surface area contributed by atoms with Crippen LogP contribution in [0, 0.1) is 0 Å². The zero-order valence-electron chi connectivity index (χ0n) is 14.7. The Balaban J connectivity index is 1.59. The van der Waals surface area contributed by atoms with Gasteiger partial charge >= 0.3 is 0 Å². The first-order chi connectivity index (χ1) is 13.7. The number of hydrogen-bond donors (Lipinski definition) is 2. The third-order valence-corrected chi connectivity index (χ3v) is 3.56. The van der Waals surface area contributed by atoms with Crippen LogP contribution in [-0.4, -0.2) is 34.2 Å². The van der Waals surface area contributed by atoms with Crippen LogP contribution in [0.15, 0.2) is 83.5 Å². The van der Waals surface area contributed by atoms with E-state index in [0.29, 0.717) is 11.1 Å². The van der Waals surface area contributed by atoms with Crippen LogP contribution in [-0.2, 0) is 0 Å². The molecule has 0 aliphatic carbocycles. The Morgan fingerprint density at radius 1 is 0.714 bits per heavy atom. The Morgan fingerprint density at radius 3 is 1.57 bits per heavy atom. The highest BCUT2D eigenvalue weighted by atomic mass is 16.2. The van der Waals surface area contributed by atoms with Gasteiger partial charge in [0.2, 0.25) is 0 Å². The van der Waals surface area contributed by atoms with E-state index in [1.54, 1.807) is 67.3 Å². The van der Waals surface area contributed by atoms with Gasteiger partial charge in [-0.3, -0.25) is 19.6 Å². The van der Waals surface area contributed by atoms with Gasteiger partial charge in [-0.05, 0) is 53.6 Å². The minimum absolute atomic E-state index is 0.303. The Kier molecular flexibility index (Phi) is 6.30. The molecular formula is C20H16N6O2. The molecule has 3 rings (SSSR count). The monoisotopic (exact) mass is 372 g/mol. The third kappa shape index (κ3) is 5.40. The quantitative estimate of drug-likeness (QED) is 0.509. The van der Waals surface area contributed by atoms with E-state index in [0.717, 1.165) is 11.1 Å². The summed E-state index contributed by atoms with van der Waals surface area (Å²) in [6, 6.07) is 13.3. The van der Waals surface area contributed by atoms with Gasteiger partial charge in [-0.25, -0.2) is 10.9 Å². The normalized spacial score (nSPS) is 10.9. The smallest absolute Gasteiger partial charge is 0.267 e. The van der Waals surface area contributed by atoms with Crippen molar-refractivity contribution in [3.05, 3.63) is 95.6 Å². The average Bonchev–Trinajstić information content (AvgIpc) is 2.75. The maximum atomic E-state index is 12.2. The maximum Gasteiger partial charge on any atom is 0.271 e. The fourth-order valence-corrected chi connectivity index (χ4v) is 2.16. The minimum Gasteiger partial charge on any atom is -0.267 e. The van der Waals surface area contributed by atoms with E-state index < -0.39 is 11.8 Å². The molecule has 3 aromatic rings. The summed E-state index contributed by atoms with van der Waals surface area (Å²) in [5.41, 5.74) is 7.05. The van der Waals surface area contributed by atoms with Gasteiger partial charge in [0.1, 0.15) is 0 Å². The molecule has 0 bridgehead atoms. The van der Waals surface area contributed by atoms with Crippen molar-refractivity contribution >= 4 is 24.2 Å². The number of nitrogens with zero attached hydrogens (tertiary/aromatic N) is 4. The predicted octanol–water partition coefficient (Wildman–Crippen LogP) is 2.00. The summed E-state index contributed by atoms with van der Waals surface area (Å²) in [5.74, 6) is -0.861. The van der Waals surface area contributed by atoms with Crippen molar-refractivity contribution in [3.63, 3.8) is 0 Å². The lowest BCUT2D eigenvalue weighted by Gasteiger charge is -2.03. The molecule has 2 N–H and O–H groups in total. The Morgan fingerprint density at radius 2 is 1.14 bits per heavy atom. The Labute approximate surface area is 161 Å². The maximum absolute atomic E-state index is 12.2. The van der Waals surface area contributed by atoms with Crippen LogP contribution in [0.4, 0.5) is 0 Å². The van der Waals surface area contributed by atoms with Gasteiger partial charge < -0.3 is 0 Å². The number of hydrazone groups is 2. The molecule has 1 aromatic carbocycles. The summed E-state index contributed by atoms with van der Waals surface area (Å²) in [4.78, 5) is 32.2. The van der Waals surface area contributed by atoms with Crippen LogP contribution in [0.5, 0.6) is 0 Å². The lowest BCUT2D eigenvalue weighted by molar-refractivity contribution is 0.0954. The highest BCUT2D eigenvalue weighted by Crippen LogP contribution is 2.05. The fraction of sp³-hybridized carbons (Fsp3) is 0.